The first-order valence-corrected chi connectivity index (χ1v) is 2.99. The van der Waals surface area contributed by atoms with Crippen molar-refractivity contribution < 1.29 is 0 Å². The molecule has 50 valence electrons. The highest BCUT2D eigenvalue weighted by Gasteiger charge is 1.95. The largest absolute Gasteiger partial charge is 0.259 e. The lowest BCUT2D eigenvalue weighted by atomic mass is 10.3. The van der Waals surface area contributed by atoms with Gasteiger partial charge in [0.15, 0.2) is 0 Å². The van der Waals surface area contributed by atoms with Crippen LogP contribution in [0.2, 0.25) is 0 Å². The Labute approximate surface area is 57.3 Å². The summed E-state index contributed by atoms with van der Waals surface area (Å²) in [4.78, 5) is 4.06. The van der Waals surface area contributed by atoms with Crippen molar-refractivity contribution in [1.82, 2.24) is 20.4 Å². The number of aromatic nitrogens is 4. The Hall–Kier alpha value is -1.45. The number of rotatable bonds is 0. The average Bonchev–Trinajstić information content (AvgIpc) is 2.33. The molecule has 0 aliphatic carbocycles. The molecule has 0 atom stereocenters. The van der Waals surface area contributed by atoms with Crippen LogP contribution in [-0.4, -0.2) is 20.4 Å². The molecule has 0 bridgehead atoms. The van der Waals surface area contributed by atoms with Crippen LogP contribution in [0.25, 0.3) is 11.0 Å². The maximum absolute atomic E-state index is 4.06. The molecule has 2 heterocycles. The molecule has 2 aromatic rings. The summed E-state index contributed by atoms with van der Waals surface area (Å²) in [6.45, 7) is 1.92. The van der Waals surface area contributed by atoms with Crippen LogP contribution in [0.4, 0.5) is 0 Å². The molecule has 0 spiro atoms. The van der Waals surface area contributed by atoms with Crippen LogP contribution in [0, 0.1) is 6.92 Å². The number of aryl methyl sites for hydroxylation is 1. The van der Waals surface area contributed by atoms with Crippen LogP contribution >= 0.6 is 0 Å². The number of nitrogens with one attached hydrogen (secondary N) is 1. The van der Waals surface area contributed by atoms with Crippen molar-refractivity contribution in [3.8, 4) is 0 Å². The second-order valence-corrected chi connectivity index (χ2v) is 2.14. The second kappa shape index (κ2) is 1.76. The zero-order chi connectivity index (χ0) is 6.97. The molecule has 4 heteroatoms. The van der Waals surface area contributed by atoms with E-state index in [0.717, 1.165) is 16.7 Å². The lowest BCUT2D eigenvalue weighted by Gasteiger charge is -1.86. The highest BCUT2D eigenvalue weighted by atomic mass is 15.3. The molecule has 0 saturated carbocycles. The Balaban J connectivity index is 2.86. The molecular formula is C6H6N4. The van der Waals surface area contributed by atoms with Gasteiger partial charge in [0.1, 0.15) is 11.0 Å². The van der Waals surface area contributed by atoms with Crippen LogP contribution in [0.15, 0.2) is 12.3 Å². The summed E-state index contributed by atoms with van der Waals surface area (Å²) in [6.07, 6.45) is 1.70. The van der Waals surface area contributed by atoms with Crippen molar-refractivity contribution in [2.45, 2.75) is 6.92 Å². The van der Waals surface area contributed by atoms with E-state index in [9.17, 15) is 0 Å². The number of hydrogen-bond donors (Lipinski definition) is 1. The van der Waals surface area contributed by atoms with Gasteiger partial charge in [-0.15, -0.1) is 0 Å². The van der Waals surface area contributed by atoms with Crippen LogP contribution in [0.3, 0.4) is 0 Å². The molecular weight excluding hydrogens is 128 g/mol. The fraction of sp³-hybridized carbons (Fsp3) is 0.167. The predicted octanol–water partition coefficient (Wildman–Crippen LogP) is 0.661. The smallest absolute Gasteiger partial charge is 0.131 e. The first-order valence-electron chi connectivity index (χ1n) is 2.99. The summed E-state index contributed by atoms with van der Waals surface area (Å²) in [5.41, 5.74) is 2.64. The Kier molecular flexibility index (Phi) is 0.943. The summed E-state index contributed by atoms with van der Waals surface area (Å²) in [6, 6.07) is 1.89. The van der Waals surface area contributed by atoms with Crippen LogP contribution in [0.5, 0.6) is 0 Å². The molecule has 2 rings (SSSR count). The van der Waals surface area contributed by atoms with Crippen molar-refractivity contribution in [2.24, 2.45) is 0 Å². The SMILES string of the molecule is Cc1cc2n[nH]nc2cn1. The maximum atomic E-state index is 4.06. The standard InChI is InChI=1S/C6H6N4/c1-4-2-5-6(3-7-4)9-10-8-5/h2-3H,1H3,(H,8,9,10). The van der Waals surface area contributed by atoms with E-state index in [2.05, 4.69) is 20.4 Å². The van der Waals surface area contributed by atoms with Crippen LogP contribution in [0.1, 0.15) is 5.69 Å². The van der Waals surface area contributed by atoms with Gasteiger partial charge in [0, 0.05) is 5.69 Å². The van der Waals surface area contributed by atoms with E-state index < -0.39 is 0 Å². The van der Waals surface area contributed by atoms with Gasteiger partial charge in [-0.05, 0) is 13.0 Å². The van der Waals surface area contributed by atoms with Crippen LogP contribution < -0.4 is 0 Å². The topological polar surface area (TPSA) is 54.5 Å². The van der Waals surface area contributed by atoms with Gasteiger partial charge in [-0.3, -0.25) is 4.98 Å². The minimum atomic E-state index is 0.811. The molecule has 1 N–H and O–H groups in total. The van der Waals surface area contributed by atoms with Gasteiger partial charge in [0.05, 0.1) is 6.20 Å². The van der Waals surface area contributed by atoms with E-state index in [0.29, 0.717) is 0 Å². The molecule has 0 radical (unpaired) electrons. The number of aromatic amines is 1. The van der Waals surface area contributed by atoms with E-state index in [1.807, 2.05) is 13.0 Å². The van der Waals surface area contributed by atoms with Crippen molar-refractivity contribution >= 4 is 11.0 Å². The lowest BCUT2D eigenvalue weighted by Crippen LogP contribution is -1.78. The fourth-order valence-electron chi connectivity index (χ4n) is 0.847. The minimum absolute atomic E-state index is 0.811. The normalized spacial score (nSPS) is 10.5. The summed E-state index contributed by atoms with van der Waals surface area (Å²) in [5, 5.41) is 10.3. The van der Waals surface area contributed by atoms with Gasteiger partial charge in [-0.1, -0.05) is 0 Å². The minimum Gasteiger partial charge on any atom is -0.259 e. The number of pyridine rings is 1. The predicted molar refractivity (Wildman–Crippen MR) is 36.4 cm³/mol. The quantitative estimate of drug-likeness (QED) is 0.575. The number of H-pyrrole nitrogens is 1. The molecule has 0 aromatic carbocycles. The van der Waals surface area contributed by atoms with Crippen molar-refractivity contribution in [3.63, 3.8) is 0 Å². The number of fused-ring (bicyclic) bond motifs is 1. The van der Waals surface area contributed by atoms with Gasteiger partial charge in [0.25, 0.3) is 0 Å². The summed E-state index contributed by atoms with van der Waals surface area (Å²) < 4.78 is 0. The number of nitrogens with zero attached hydrogens (tertiary/aromatic N) is 3. The van der Waals surface area contributed by atoms with E-state index in [1.165, 1.54) is 0 Å². The van der Waals surface area contributed by atoms with Crippen LogP contribution in [-0.2, 0) is 0 Å². The van der Waals surface area contributed by atoms with E-state index in [4.69, 9.17) is 0 Å². The zero-order valence-corrected chi connectivity index (χ0v) is 5.50. The zero-order valence-electron chi connectivity index (χ0n) is 5.50. The summed E-state index contributed by atoms with van der Waals surface area (Å²) >= 11 is 0. The third-order valence-corrected chi connectivity index (χ3v) is 1.34. The highest BCUT2D eigenvalue weighted by Crippen LogP contribution is 2.05. The molecule has 2 aromatic heterocycles. The fourth-order valence-corrected chi connectivity index (χ4v) is 0.847. The Morgan fingerprint density at radius 2 is 2.10 bits per heavy atom. The average molecular weight is 134 g/mol. The van der Waals surface area contributed by atoms with Gasteiger partial charge < -0.3 is 0 Å². The Bertz CT molecular complexity index is 351. The summed E-state index contributed by atoms with van der Waals surface area (Å²) in [7, 11) is 0. The maximum Gasteiger partial charge on any atom is 0.131 e. The summed E-state index contributed by atoms with van der Waals surface area (Å²) in [5.74, 6) is 0. The highest BCUT2D eigenvalue weighted by molar-refractivity contribution is 5.72. The third kappa shape index (κ3) is 0.655. The first kappa shape index (κ1) is 5.34. The van der Waals surface area contributed by atoms with Gasteiger partial charge >= 0.3 is 0 Å². The van der Waals surface area contributed by atoms with Crippen molar-refractivity contribution in [2.75, 3.05) is 0 Å². The molecule has 0 saturated heterocycles. The molecule has 10 heavy (non-hydrogen) atoms. The molecule has 4 nitrogen and oxygen atoms in total. The number of hydrogen-bond acceptors (Lipinski definition) is 3. The molecule has 0 aliphatic rings. The molecule has 0 aliphatic heterocycles. The Morgan fingerprint density at radius 3 is 3.00 bits per heavy atom. The van der Waals surface area contributed by atoms with Gasteiger partial charge in [-0.25, -0.2) is 0 Å². The lowest BCUT2D eigenvalue weighted by molar-refractivity contribution is 0.959. The third-order valence-electron chi connectivity index (χ3n) is 1.34. The molecule has 0 unspecified atom stereocenters. The molecule has 0 amide bonds. The monoisotopic (exact) mass is 134 g/mol. The van der Waals surface area contributed by atoms with Crippen molar-refractivity contribution in [3.05, 3.63) is 18.0 Å². The molecule has 0 fully saturated rings. The van der Waals surface area contributed by atoms with Crippen molar-refractivity contribution in [1.29, 1.82) is 0 Å². The van der Waals surface area contributed by atoms with E-state index in [1.54, 1.807) is 6.20 Å². The van der Waals surface area contributed by atoms with Gasteiger partial charge in [0.2, 0.25) is 0 Å². The Morgan fingerprint density at radius 1 is 1.30 bits per heavy atom. The van der Waals surface area contributed by atoms with Gasteiger partial charge in [-0.2, -0.15) is 15.4 Å². The second-order valence-electron chi connectivity index (χ2n) is 2.14. The first-order chi connectivity index (χ1) is 4.86. The van der Waals surface area contributed by atoms with E-state index in [-0.39, 0.29) is 0 Å². The van der Waals surface area contributed by atoms with E-state index >= 15 is 0 Å².